The van der Waals surface area contributed by atoms with Crippen molar-refractivity contribution in [2.75, 3.05) is 17.6 Å². The summed E-state index contributed by atoms with van der Waals surface area (Å²) >= 11 is 3.33. The molecule has 3 rings (SSSR count). The molecule has 0 aliphatic carbocycles. The third kappa shape index (κ3) is 5.90. The fourth-order valence-electron chi connectivity index (χ4n) is 4.57. The predicted octanol–water partition coefficient (Wildman–Crippen LogP) is 6.81. The molecule has 0 spiro atoms. The summed E-state index contributed by atoms with van der Waals surface area (Å²) in [7, 11) is -6.23. The van der Waals surface area contributed by atoms with E-state index in [4.69, 9.17) is 4.43 Å². The highest BCUT2D eigenvalue weighted by atomic mass is 79.9. The van der Waals surface area contributed by atoms with Crippen LogP contribution in [0.3, 0.4) is 0 Å². The van der Waals surface area contributed by atoms with E-state index in [1.54, 1.807) is 24.3 Å². The summed E-state index contributed by atoms with van der Waals surface area (Å²) in [5.74, 6) is -0.903. The van der Waals surface area contributed by atoms with Gasteiger partial charge in [-0.15, -0.1) is 0 Å². The molecule has 0 radical (unpaired) electrons. The van der Waals surface area contributed by atoms with Gasteiger partial charge in [0.25, 0.3) is 0 Å². The molecule has 0 aromatic heterocycles. The summed E-state index contributed by atoms with van der Waals surface area (Å²) in [6, 6.07) is 11.6. The third-order valence-electron chi connectivity index (χ3n) is 7.30. The zero-order chi connectivity index (χ0) is 26.1. The first-order valence-electron chi connectivity index (χ1n) is 12.0. The molecule has 1 aliphatic rings. The fraction of sp³-hybridized carbons (Fsp3) is 0.538. The van der Waals surface area contributed by atoms with E-state index in [2.05, 4.69) is 49.8 Å². The Balaban J connectivity index is 2.35. The first-order chi connectivity index (χ1) is 16.2. The van der Waals surface area contributed by atoms with Gasteiger partial charge in [-0.05, 0) is 72.8 Å². The van der Waals surface area contributed by atoms with E-state index in [1.165, 1.54) is 28.6 Å². The molecule has 1 heterocycles. The molecule has 1 aliphatic heterocycles. The second-order valence-electron chi connectivity index (χ2n) is 10.7. The first-order valence-corrected chi connectivity index (χ1v) is 17.7. The van der Waals surface area contributed by atoms with E-state index >= 15 is 0 Å². The van der Waals surface area contributed by atoms with E-state index in [0.717, 1.165) is 0 Å². The van der Waals surface area contributed by atoms with Gasteiger partial charge in [0, 0.05) is 11.9 Å². The van der Waals surface area contributed by atoms with Crippen LogP contribution in [0.2, 0.25) is 18.1 Å². The second kappa shape index (κ2) is 10.7. The number of nitrogens with zero attached hydrogens (tertiary/aromatic N) is 1. The van der Waals surface area contributed by atoms with Crippen molar-refractivity contribution in [1.82, 2.24) is 4.31 Å². The van der Waals surface area contributed by atoms with Gasteiger partial charge in [-0.3, -0.25) is 0 Å². The Labute approximate surface area is 218 Å². The van der Waals surface area contributed by atoms with Crippen LogP contribution in [0.5, 0.6) is 0 Å². The highest BCUT2D eigenvalue weighted by Crippen LogP contribution is 2.50. The lowest BCUT2D eigenvalue weighted by molar-refractivity contribution is 0.0317. The van der Waals surface area contributed by atoms with Crippen LogP contribution in [0.4, 0.5) is 8.78 Å². The SMILES string of the molecule is CC(C)(C)[Si](C)(C)OC(c1cccc(F)c1)(c1cccc(F)c1)[C@H]1CCCN1S(=O)(=O)CCCBr. The van der Waals surface area contributed by atoms with Crippen LogP contribution in [0.1, 0.15) is 51.2 Å². The summed E-state index contributed by atoms with van der Waals surface area (Å²) in [6.07, 6.45) is 1.64. The van der Waals surface area contributed by atoms with Gasteiger partial charge in [0.05, 0.1) is 11.8 Å². The van der Waals surface area contributed by atoms with Gasteiger partial charge in [0.1, 0.15) is 17.2 Å². The second-order valence-corrected chi connectivity index (χ2v) is 18.3. The zero-order valence-electron chi connectivity index (χ0n) is 21.2. The molecule has 35 heavy (non-hydrogen) atoms. The molecule has 2 aromatic carbocycles. The molecule has 1 saturated heterocycles. The number of halogens is 3. The largest absolute Gasteiger partial charge is 0.402 e. The van der Waals surface area contributed by atoms with E-state index in [0.29, 0.717) is 42.3 Å². The van der Waals surface area contributed by atoms with Crippen LogP contribution in [0.25, 0.3) is 0 Å². The van der Waals surface area contributed by atoms with Crippen molar-refractivity contribution in [1.29, 1.82) is 0 Å². The Hall–Kier alpha value is -1.13. The van der Waals surface area contributed by atoms with E-state index < -0.39 is 41.6 Å². The highest BCUT2D eigenvalue weighted by molar-refractivity contribution is 9.09. The van der Waals surface area contributed by atoms with Gasteiger partial charge in [0.15, 0.2) is 8.32 Å². The molecular formula is C26H36BrF2NO3SSi. The monoisotopic (exact) mass is 587 g/mol. The number of sulfonamides is 1. The first kappa shape index (κ1) is 28.4. The van der Waals surface area contributed by atoms with Crippen LogP contribution >= 0.6 is 15.9 Å². The highest BCUT2D eigenvalue weighted by Gasteiger charge is 2.55. The molecule has 0 unspecified atom stereocenters. The molecule has 0 amide bonds. The summed E-state index contributed by atoms with van der Waals surface area (Å²) in [4.78, 5) is 0. The number of benzene rings is 2. The maximum Gasteiger partial charge on any atom is 0.214 e. The standard InChI is InChI=1S/C26H36BrF2NO3SSi/c1-25(2,3)35(4,5)33-26(20-10-6-12-22(28)18-20,21-11-7-13-23(29)19-21)24-14-8-16-30(24)34(31,32)17-9-15-27/h6-7,10-13,18-19,24H,8-9,14-17H2,1-5H3/t24-/m1/s1. The topological polar surface area (TPSA) is 46.6 Å². The minimum Gasteiger partial charge on any atom is -0.402 e. The molecule has 1 atom stereocenters. The maximum atomic E-state index is 14.7. The number of alkyl halides is 1. The summed E-state index contributed by atoms with van der Waals surface area (Å²) < 4.78 is 65.1. The van der Waals surface area contributed by atoms with Crippen LogP contribution in [-0.4, -0.2) is 44.7 Å². The molecule has 1 fully saturated rings. The smallest absolute Gasteiger partial charge is 0.214 e. The number of rotatable bonds is 9. The summed E-state index contributed by atoms with van der Waals surface area (Å²) in [6.45, 7) is 10.8. The van der Waals surface area contributed by atoms with Gasteiger partial charge in [-0.2, -0.15) is 4.31 Å². The lowest BCUT2D eigenvalue weighted by atomic mass is 9.79. The molecule has 2 aromatic rings. The molecule has 9 heteroatoms. The fourth-order valence-corrected chi connectivity index (χ4v) is 8.49. The summed E-state index contributed by atoms with van der Waals surface area (Å²) in [5, 5.41) is 0.349. The van der Waals surface area contributed by atoms with Crippen LogP contribution < -0.4 is 0 Å². The van der Waals surface area contributed by atoms with E-state index in [9.17, 15) is 17.2 Å². The summed E-state index contributed by atoms with van der Waals surface area (Å²) in [5.41, 5.74) is -0.369. The molecule has 0 saturated carbocycles. The van der Waals surface area contributed by atoms with Crippen molar-refractivity contribution < 1.29 is 21.6 Å². The lowest BCUT2D eigenvalue weighted by Gasteiger charge is -2.50. The van der Waals surface area contributed by atoms with Crippen molar-refractivity contribution in [2.24, 2.45) is 0 Å². The van der Waals surface area contributed by atoms with Crippen molar-refractivity contribution in [3.8, 4) is 0 Å². The van der Waals surface area contributed by atoms with Gasteiger partial charge in [0.2, 0.25) is 10.0 Å². The van der Waals surface area contributed by atoms with Gasteiger partial charge in [-0.1, -0.05) is 61.0 Å². The van der Waals surface area contributed by atoms with Crippen molar-refractivity contribution in [3.05, 3.63) is 71.3 Å². The van der Waals surface area contributed by atoms with E-state index in [1.807, 2.05) is 0 Å². The Morgan fingerprint density at radius 3 is 2.06 bits per heavy atom. The lowest BCUT2D eigenvalue weighted by Crippen LogP contribution is -2.58. The normalized spacial score (nSPS) is 18.2. The molecule has 194 valence electrons. The molecular weight excluding hydrogens is 552 g/mol. The molecule has 0 N–H and O–H groups in total. The quantitative estimate of drug-likeness (QED) is 0.239. The van der Waals surface area contributed by atoms with Crippen molar-refractivity contribution >= 4 is 34.3 Å². The van der Waals surface area contributed by atoms with Gasteiger partial charge >= 0.3 is 0 Å². The van der Waals surface area contributed by atoms with Crippen LogP contribution in [0, 0.1) is 11.6 Å². The van der Waals surface area contributed by atoms with Gasteiger partial charge < -0.3 is 4.43 Å². The number of hydrogen-bond donors (Lipinski definition) is 0. The molecule has 4 nitrogen and oxygen atoms in total. The minimum absolute atomic E-state index is 0.00275. The van der Waals surface area contributed by atoms with Gasteiger partial charge in [-0.25, -0.2) is 17.2 Å². The average Bonchev–Trinajstić information content (AvgIpc) is 3.27. The minimum atomic E-state index is -3.63. The Bertz CT molecular complexity index is 1090. The van der Waals surface area contributed by atoms with Crippen molar-refractivity contribution in [2.45, 2.75) is 69.8 Å². The average molecular weight is 589 g/mol. The Kier molecular flexibility index (Phi) is 8.69. The molecule has 0 bridgehead atoms. The Morgan fingerprint density at radius 1 is 1.06 bits per heavy atom. The third-order valence-corrected chi connectivity index (χ3v) is 14.3. The Morgan fingerprint density at radius 2 is 1.60 bits per heavy atom. The van der Waals surface area contributed by atoms with Crippen LogP contribution in [-0.2, 0) is 20.1 Å². The van der Waals surface area contributed by atoms with E-state index in [-0.39, 0.29) is 10.8 Å². The predicted molar refractivity (Wildman–Crippen MR) is 144 cm³/mol. The van der Waals surface area contributed by atoms with Crippen LogP contribution in [0.15, 0.2) is 48.5 Å². The number of hydrogen-bond acceptors (Lipinski definition) is 3. The maximum absolute atomic E-state index is 14.7. The zero-order valence-corrected chi connectivity index (χ0v) is 24.6. The van der Waals surface area contributed by atoms with Crippen molar-refractivity contribution in [3.63, 3.8) is 0 Å².